The number of anilines is 1. The molecule has 1 aromatic carbocycles. The van der Waals surface area contributed by atoms with Crippen molar-refractivity contribution in [3.8, 4) is 0 Å². The minimum absolute atomic E-state index is 0.0176. The lowest BCUT2D eigenvalue weighted by atomic mass is 9.84. The van der Waals surface area contributed by atoms with Crippen molar-refractivity contribution in [2.75, 3.05) is 45.9 Å². The highest BCUT2D eigenvalue weighted by Crippen LogP contribution is 2.29. The number of allylic oxidation sites excluding steroid dienone is 1. The number of benzene rings is 1. The third-order valence-corrected chi connectivity index (χ3v) is 11.9. The summed E-state index contributed by atoms with van der Waals surface area (Å²) < 4.78 is 69.5. The van der Waals surface area contributed by atoms with Gasteiger partial charge in [-0.25, -0.2) is 8.42 Å². The van der Waals surface area contributed by atoms with Gasteiger partial charge in [0.25, 0.3) is 5.91 Å². The Balaban J connectivity index is 2.30. The molecule has 0 radical (unpaired) electrons. The summed E-state index contributed by atoms with van der Waals surface area (Å²) in [5.41, 5.74) is -0.167. The van der Waals surface area contributed by atoms with Gasteiger partial charge < -0.3 is 19.9 Å². The number of carbonyl (C=O) groups is 5. The topological polar surface area (TPSA) is 150 Å². The van der Waals surface area contributed by atoms with E-state index in [2.05, 4.69) is 0 Å². The zero-order valence-corrected chi connectivity index (χ0v) is 35.2. The number of carbonyl (C=O) groups excluding carboxylic acids is 5. The van der Waals surface area contributed by atoms with Gasteiger partial charge >= 0.3 is 12.1 Å². The maximum absolute atomic E-state index is 14.2. The van der Waals surface area contributed by atoms with Crippen LogP contribution in [0.15, 0.2) is 52.6 Å². The lowest BCUT2D eigenvalue weighted by Gasteiger charge is -2.37. The Morgan fingerprint density at radius 2 is 1.57 bits per heavy atom. The minimum atomic E-state index is -5.12. The fourth-order valence-corrected chi connectivity index (χ4v) is 8.37. The van der Waals surface area contributed by atoms with Crippen LogP contribution >= 0.6 is 0 Å². The van der Waals surface area contributed by atoms with E-state index in [1.807, 2.05) is 60.5 Å². The van der Waals surface area contributed by atoms with E-state index < -0.39 is 57.4 Å². The maximum atomic E-state index is 14.2. The van der Waals surface area contributed by atoms with E-state index in [0.29, 0.717) is 25.8 Å². The van der Waals surface area contributed by atoms with Crippen molar-refractivity contribution >= 4 is 44.8 Å². The van der Waals surface area contributed by atoms with Crippen LogP contribution in [0.25, 0.3) is 0 Å². The number of rotatable bonds is 19. The number of nitrogens with zero attached hydrogens (tertiary/aromatic N) is 3. The first-order valence-corrected chi connectivity index (χ1v) is 20.5. The summed E-state index contributed by atoms with van der Waals surface area (Å²) in [6, 6.07) is 2.46. The lowest BCUT2D eigenvalue weighted by Crippen LogP contribution is -2.48. The highest BCUT2D eigenvalue weighted by molar-refractivity contribution is 7.92. The van der Waals surface area contributed by atoms with Gasteiger partial charge in [-0.2, -0.15) is 13.2 Å². The molecule has 3 amide bonds. The number of hydrogen-bond donors (Lipinski definition) is 1. The quantitative estimate of drug-likeness (QED) is 0.137. The average molecular weight is 813 g/mol. The van der Waals surface area contributed by atoms with Gasteiger partial charge in [-0.15, -0.1) is 0 Å². The van der Waals surface area contributed by atoms with E-state index in [-0.39, 0.29) is 63.8 Å². The molecule has 1 saturated heterocycles. The summed E-state index contributed by atoms with van der Waals surface area (Å²) in [5.74, 6) is -5.09. The van der Waals surface area contributed by atoms with E-state index in [9.17, 15) is 45.6 Å². The van der Waals surface area contributed by atoms with Crippen LogP contribution in [0.5, 0.6) is 0 Å². The number of hydrogen-bond acceptors (Lipinski definition) is 9. The Kier molecular flexibility index (Phi) is 17.5. The van der Waals surface area contributed by atoms with Crippen molar-refractivity contribution in [1.82, 2.24) is 14.7 Å². The average Bonchev–Trinajstić information content (AvgIpc) is 3.57. The Morgan fingerprint density at radius 1 is 0.982 bits per heavy atom. The molecule has 0 saturated carbocycles. The summed E-state index contributed by atoms with van der Waals surface area (Å²) in [4.78, 5) is 70.5. The maximum Gasteiger partial charge on any atom is 0.471 e. The van der Waals surface area contributed by atoms with Crippen molar-refractivity contribution < 1.29 is 50.3 Å². The normalized spacial score (nSPS) is 17.8. The predicted molar refractivity (Wildman–Crippen MR) is 208 cm³/mol. The van der Waals surface area contributed by atoms with E-state index in [1.165, 1.54) is 20.1 Å². The summed E-state index contributed by atoms with van der Waals surface area (Å²) >= 11 is 0. The number of likely N-dealkylation sites (tertiary alicyclic amines) is 1. The standard InChI is InChI=1S/C40H59F3N4O8S/c1-12-26(6)37(46(10)38(51)31(24(2)3)21-32(48)36(25(4)5)45(8)9)34(55-11)22-35(50)47-19-13-14-29(47)20-27(7)33(49)23-56(53,54)30-17-15-28(16-18-30)44-39(52)40(41,42)43/h15-18,20,22,24-26,29,31,36-37H,12-14,19,21,23H2,1-11H3,(H,44,52)/b27-20+,34-22-/t26?,29-,31-,36-,37-/m0/s1. The summed E-state index contributed by atoms with van der Waals surface area (Å²) in [6.07, 6.45) is -0.391. The van der Waals surface area contributed by atoms with Gasteiger partial charge in [0.2, 0.25) is 5.91 Å². The highest BCUT2D eigenvalue weighted by atomic mass is 32.2. The smallest absolute Gasteiger partial charge is 0.471 e. The SMILES string of the molecule is CCC(C)[C@@H](/C(=C/C(=O)N1CCC[C@H]1/C=C(\C)C(=O)CS(=O)(=O)c1ccc(NC(=O)C(F)(F)F)cc1)OC)N(C)C(=O)[C@@H](CC(=O)[C@H](C(C)C)N(C)C)C(C)C. The van der Waals surface area contributed by atoms with Crippen LogP contribution < -0.4 is 5.32 Å². The van der Waals surface area contributed by atoms with Crippen molar-refractivity contribution in [1.29, 1.82) is 0 Å². The molecule has 1 aliphatic heterocycles. The number of ether oxygens (including phenoxy) is 1. The summed E-state index contributed by atoms with van der Waals surface area (Å²) in [7, 11) is 2.57. The van der Waals surface area contributed by atoms with Crippen molar-refractivity contribution in [2.24, 2.45) is 23.7 Å². The van der Waals surface area contributed by atoms with E-state index >= 15 is 0 Å². The van der Waals surface area contributed by atoms with Gasteiger partial charge in [0.05, 0.1) is 30.1 Å². The minimum Gasteiger partial charge on any atom is -0.499 e. The molecule has 0 aromatic heterocycles. The van der Waals surface area contributed by atoms with Crippen LogP contribution in [0, 0.1) is 23.7 Å². The van der Waals surface area contributed by atoms with Crippen molar-refractivity contribution in [3.05, 3.63) is 47.7 Å². The van der Waals surface area contributed by atoms with Crippen LogP contribution in [0.4, 0.5) is 18.9 Å². The third-order valence-electron chi connectivity index (χ3n) is 10.3. The molecule has 1 aliphatic rings. The zero-order valence-electron chi connectivity index (χ0n) is 34.4. The predicted octanol–water partition coefficient (Wildman–Crippen LogP) is 5.69. The summed E-state index contributed by atoms with van der Waals surface area (Å²) in [6.45, 7) is 13.5. The molecule has 0 bridgehead atoms. The first-order valence-electron chi connectivity index (χ1n) is 18.8. The summed E-state index contributed by atoms with van der Waals surface area (Å²) in [5, 5.41) is 1.63. The number of methoxy groups -OCH3 is 1. The molecule has 1 heterocycles. The molecule has 56 heavy (non-hydrogen) atoms. The van der Waals surface area contributed by atoms with E-state index in [1.54, 1.807) is 28.2 Å². The van der Waals surface area contributed by atoms with Gasteiger partial charge in [0.15, 0.2) is 21.4 Å². The molecule has 12 nitrogen and oxygen atoms in total. The van der Waals surface area contributed by atoms with Gasteiger partial charge in [-0.05, 0) is 81.5 Å². The zero-order chi connectivity index (χ0) is 42.9. The number of halogens is 3. The third kappa shape index (κ3) is 12.7. The molecule has 314 valence electrons. The fourth-order valence-electron chi connectivity index (χ4n) is 7.08. The van der Waals surface area contributed by atoms with Crippen LogP contribution in [0.2, 0.25) is 0 Å². The van der Waals surface area contributed by atoms with Crippen LogP contribution in [-0.4, -0.2) is 117 Å². The van der Waals surface area contributed by atoms with Gasteiger partial charge in [-0.3, -0.25) is 28.9 Å². The number of alkyl halides is 3. The monoisotopic (exact) mass is 812 g/mol. The van der Waals surface area contributed by atoms with Crippen molar-refractivity contribution in [3.63, 3.8) is 0 Å². The number of Topliss-reactive ketones (excluding diaryl/α,β-unsaturated/α-hetero) is 2. The second kappa shape index (κ2) is 20.4. The molecular formula is C40H59F3N4O8S. The highest BCUT2D eigenvalue weighted by Gasteiger charge is 2.39. The largest absolute Gasteiger partial charge is 0.499 e. The molecule has 1 aromatic rings. The van der Waals surface area contributed by atoms with E-state index in [0.717, 1.165) is 24.3 Å². The van der Waals surface area contributed by atoms with Crippen LogP contribution in [-0.2, 0) is 38.5 Å². The Bertz CT molecular complexity index is 1730. The molecule has 0 aliphatic carbocycles. The lowest BCUT2D eigenvalue weighted by molar-refractivity contribution is -0.167. The Morgan fingerprint density at radius 3 is 2.05 bits per heavy atom. The van der Waals surface area contributed by atoms with E-state index in [4.69, 9.17) is 4.74 Å². The van der Waals surface area contributed by atoms with Crippen LogP contribution in [0.3, 0.4) is 0 Å². The van der Waals surface area contributed by atoms with Crippen molar-refractivity contribution in [2.45, 2.75) is 103 Å². The fraction of sp³-hybridized carbons (Fsp3) is 0.625. The van der Waals surface area contributed by atoms with Gasteiger partial charge in [0, 0.05) is 37.7 Å². The second-order valence-electron chi connectivity index (χ2n) is 15.5. The molecule has 16 heteroatoms. The molecule has 1 fully saturated rings. The molecule has 1 unspecified atom stereocenters. The second-order valence-corrected chi connectivity index (χ2v) is 17.4. The molecule has 2 rings (SSSR count). The number of sulfone groups is 1. The number of ketones is 2. The first kappa shape index (κ1) is 48.1. The van der Waals surface area contributed by atoms with Gasteiger partial charge in [0.1, 0.15) is 11.5 Å². The van der Waals surface area contributed by atoms with Gasteiger partial charge in [-0.1, -0.05) is 54.0 Å². The molecule has 0 spiro atoms. The number of likely N-dealkylation sites (N-methyl/N-ethyl adjacent to an activating group) is 2. The number of nitrogens with one attached hydrogen (secondary N) is 1. The molecule has 5 atom stereocenters. The van der Waals surface area contributed by atoms with Crippen LogP contribution in [0.1, 0.15) is 74.1 Å². The first-order chi connectivity index (χ1) is 25.9. The molecular weight excluding hydrogens is 754 g/mol. The number of amides is 3. The molecule has 1 N–H and O–H groups in total. The Labute approximate surface area is 329 Å². The Hall–Kier alpha value is -4.05.